The molecule has 5 rings (SSSR count). The van der Waals surface area contributed by atoms with Crippen LogP contribution in [-0.2, 0) is 4.74 Å². The molecule has 3 aromatic rings. The fraction of sp³-hybridized carbons (Fsp3) is 0.360. The lowest BCUT2D eigenvalue weighted by Crippen LogP contribution is -2.36. The van der Waals surface area contributed by atoms with Gasteiger partial charge in [-0.1, -0.05) is 6.07 Å². The Morgan fingerprint density at radius 2 is 1.94 bits per heavy atom. The van der Waals surface area contributed by atoms with Crippen molar-refractivity contribution in [1.82, 2.24) is 0 Å². The van der Waals surface area contributed by atoms with Crippen LogP contribution in [0.1, 0.15) is 34.8 Å². The third kappa shape index (κ3) is 4.02. The maximum absolute atomic E-state index is 13.1. The van der Waals surface area contributed by atoms with Gasteiger partial charge in [-0.05, 0) is 37.1 Å². The number of carbonyl (C=O) groups is 1. The first-order valence-corrected chi connectivity index (χ1v) is 11.1. The molecule has 0 unspecified atom stereocenters. The van der Waals surface area contributed by atoms with Crippen LogP contribution in [0.5, 0.6) is 5.75 Å². The monoisotopic (exact) mass is 450 g/mol. The van der Waals surface area contributed by atoms with Crippen LogP contribution in [0, 0.1) is 0 Å². The van der Waals surface area contributed by atoms with Gasteiger partial charge in [-0.25, -0.2) is 4.79 Å². The highest BCUT2D eigenvalue weighted by Crippen LogP contribution is 2.40. The van der Waals surface area contributed by atoms with E-state index in [1.807, 2.05) is 29.2 Å². The summed E-state index contributed by atoms with van der Waals surface area (Å²) < 4.78 is 17.1. The molecule has 1 N–H and O–H groups in total. The number of methoxy groups -OCH3 is 1. The molecule has 2 aliphatic heterocycles. The third-order valence-electron chi connectivity index (χ3n) is 6.41. The number of aromatic carboxylic acids is 1. The van der Waals surface area contributed by atoms with Crippen LogP contribution in [0.3, 0.4) is 0 Å². The maximum Gasteiger partial charge on any atom is 0.335 e. The van der Waals surface area contributed by atoms with E-state index in [0.717, 1.165) is 36.4 Å². The SMILES string of the molecule is COc1cccc(N2CCC[C@@H]2c2cc(C(=O)O)cc3c(=O)cc(N4CCOCC4)oc23)c1. The number of anilines is 2. The van der Waals surface area contributed by atoms with Crippen LogP contribution in [0.4, 0.5) is 11.6 Å². The maximum atomic E-state index is 13.1. The molecule has 0 spiro atoms. The lowest BCUT2D eigenvalue weighted by Gasteiger charge is -2.29. The molecule has 2 saturated heterocycles. The first kappa shape index (κ1) is 21.3. The molecule has 8 heteroatoms. The zero-order chi connectivity index (χ0) is 22.9. The predicted molar refractivity (Wildman–Crippen MR) is 125 cm³/mol. The van der Waals surface area contributed by atoms with Crippen molar-refractivity contribution >= 4 is 28.5 Å². The minimum Gasteiger partial charge on any atom is -0.497 e. The molecule has 8 nitrogen and oxygen atoms in total. The van der Waals surface area contributed by atoms with Crippen LogP contribution in [-0.4, -0.2) is 51.0 Å². The summed E-state index contributed by atoms with van der Waals surface area (Å²) in [6.45, 7) is 3.22. The summed E-state index contributed by atoms with van der Waals surface area (Å²) in [5.74, 6) is 0.176. The highest BCUT2D eigenvalue weighted by Gasteiger charge is 2.31. The van der Waals surface area contributed by atoms with Crippen LogP contribution in [0.25, 0.3) is 11.0 Å². The van der Waals surface area contributed by atoms with Gasteiger partial charge in [0.1, 0.15) is 11.3 Å². The molecular weight excluding hydrogens is 424 g/mol. The minimum absolute atomic E-state index is 0.0846. The highest BCUT2D eigenvalue weighted by molar-refractivity contribution is 5.94. The number of carboxylic acid groups (broad SMARTS) is 1. The summed E-state index contributed by atoms with van der Waals surface area (Å²) in [5.41, 5.74) is 2.00. The molecule has 1 aromatic heterocycles. The van der Waals surface area contributed by atoms with Gasteiger partial charge in [-0.15, -0.1) is 0 Å². The van der Waals surface area contributed by atoms with Crippen molar-refractivity contribution in [2.45, 2.75) is 18.9 Å². The van der Waals surface area contributed by atoms with Gasteiger partial charge in [0.05, 0.1) is 37.3 Å². The number of hydrogen-bond donors (Lipinski definition) is 1. The first-order chi connectivity index (χ1) is 16.0. The van der Waals surface area contributed by atoms with E-state index in [4.69, 9.17) is 13.9 Å². The normalized spacial score (nSPS) is 18.6. The van der Waals surface area contributed by atoms with Crippen molar-refractivity contribution in [3.63, 3.8) is 0 Å². The zero-order valence-electron chi connectivity index (χ0n) is 18.5. The molecule has 0 radical (unpaired) electrons. The number of nitrogens with zero attached hydrogens (tertiary/aromatic N) is 2. The Kier molecular flexibility index (Phi) is 5.68. The van der Waals surface area contributed by atoms with Gasteiger partial charge in [0, 0.05) is 43.0 Å². The van der Waals surface area contributed by atoms with E-state index in [-0.39, 0.29) is 17.0 Å². The molecule has 2 fully saturated rings. The number of carboxylic acids is 1. The third-order valence-corrected chi connectivity index (χ3v) is 6.41. The van der Waals surface area contributed by atoms with Gasteiger partial charge in [0.15, 0.2) is 11.3 Å². The molecule has 0 amide bonds. The van der Waals surface area contributed by atoms with Crippen molar-refractivity contribution in [3.05, 3.63) is 63.8 Å². The lowest BCUT2D eigenvalue weighted by molar-refractivity contribution is 0.0697. The zero-order valence-corrected chi connectivity index (χ0v) is 18.5. The standard InChI is InChI=1S/C25H26N2O6/c1-31-18-5-2-4-17(14-18)27-7-3-6-21(27)19-12-16(25(29)30)13-20-22(28)15-23(33-24(19)20)26-8-10-32-11-9-26/h2,4-5,12-15,21H,3,6-11H2,1H3,(H,29,30)/t21-/m1/s1. The first-order valence-electron chi connectivity index (χ1n) is 11.1. The lowest BCUT2D eigenvalue weighted by atomic mass is 9.98. The van der Waals surface area contributed by atoms with E-state index in [0.29, 0.717) is 43.2 Å². The van der Waals surface area contributed by atoms with E-state index >= 15 is 0 Å². The number of fused-ring (bicyclic) bond motifs is 1. The topological polar surface area (TPSA) is 92.5 Å². The predicted octanol–water partition coefficient (Wildman–Crippen LogP) is 3.68. The second-order valence-corrected chi connectivity index (χ2v) is 8.35. The molecule has 172 valence electrons. The number of benzene rings is 2. The van der Waals surface area contributed by atoms with E-state index in [9.17, 15) is 14.7 Å². The molecule has 0 saturated carbocycles. The van der Waals surface area contributed by atoms with Crippen LogP contribution < -0.4 is 20.0 Å². The van der Waals surface area contributed by atoms with Gasteiger partial charge in [-0.2, -0.15) is 0 Å². The van der Waals surface area contributed by atoms with Gasteiger partial charge < -0.3 is 28.8 Å². The summed E-state index contributed by atoms with van der Waals surface area (Å²) >= 11 is 0. The molecule has 0 bridgehead atoms. The fourth-order valence-electron chi connectivity index (χ4n) is 4.77. The summed E-state index contributed by atoms with van der Waals surface area (Å²) in [5, 5.41) is 10.0. The fourth-order valence-corrected chi connectivity index (χ4v) is 4.77. The average molecular weight is 450 g/mol. The van der Waals surface area contributed by atoms with E-state index in [2.05, 4.69) is 4.90 Å². The smallest absolute Gasteiger partial charge is 0.335 e. The summed E-state index contributed by atoms with van der Waals surface area (Å²) in [6, 6.07) is 12.2. The van der Waals surface area contributed by atoms with Crippen LogP contribution >= 0.6 is 0 Å². The van der Waals surface area contributed by atoms with Crippen molar-refractivity contribution < 1.29 is 23.8 Å². The Labute approximate surface area is 190 Å². The Hall–Kier alpha value is -3.52. The van der Waals surface area contributed by atoms with E-state index < -0.39 is 5.97 Å². The molecule has 3 heterocycles. The minimum atomic E-state index is -1.07. The summed E-state index contributed by atoms with van der Waals surface area (Å²) in [4.78, 5) is 29.2. The molecule has 0 aliphatic carbocycles. The van der Waals surface area contributed by atoms with Crippen LogP contribution in [0.2, 0.25) is 0 Å². The largest absolute Gasteiger partial charge is 0.497 e. The van der Waals surface area contributed by atoms with Crippen molar-refractivity contribution in [1.29, 1.82) is 0 Å². The number of morpholine rings is 1. The second-order valence-electron chi connectivity index (χ2n) is 8.35. The molecule has 33 heavy (non-hydrogen) atoms. The number of rotatable bonds is 5. The average Bonchev–Trinajstić information content (AvgIpc) is 3.34. The molecule has 2 aliphatic rings. The Bertz CT molecular complexity index is 1250. The van der Waals surface area contributed by atoms with Crippen molar-refractivity contribution in [2.24, 2.45) is 0 Å². The second kappa shape index (κ2) is 8.78. The molecule has 2 aromatic carbocycles. The van der Waals surface area contributed by atoms with Gasteiger partial charge in [0.25, 0.3) is 0 Å². The van der Waals surface area contributed by atoms with Gasteiger partial charge >= 0.3 is 5.97 Å². The highest BCUT2D eigenvalue weighted by atomic mass is 16.5. The Morgan fingerprint density at radius 1 is 1.12 bits per heavy atom. The van der Waals surface area contributed by atoms with Crippen molar-refractivity contribution in [2.75, 3.05) is 49.8 Å². The molecule has 1 atom stereocenters. The van der Waals surface area contributed by atoms with Gasteiger partial charge in [-0.3, -0.25) is 4.79 Å². The Morgan fingerprint density at radius 3 is 2.70 bits per heavy atom. The quantitative estimate of drug-likeness (QED) is 0.629. The van der Waals surface area contributed by atoms with Crippen LogP contribution in [0.15, 0.2) is 51.7 Å². The summed E-state index contributed by atoms with van der Waals surface area (Å²) in [6.07, 6.45) is 1.76. The summed E-state index contributed by atoms with van der Waals surface area (Å²) in [7, 11) is 1.63. The van der Waals surface area contributed by atoms with E-state index in [1.165, 1.54) is 12.1 Å². The van der Waals surface area contributed by atoms with Gasteiger partial charge in [0.2, 0.25) is 0 Å². The van der Waals surface area contributed by atoms with Crippen molar-refractivity contribution in [3.8, 4) is 5.75 Å². The molecular formula is C25H26N2O6. The number of hydrogen-bond acceptors (Lipinski definition) is 7. The van der Waals surface area contributed by atoms with E-state index in [1.54, 1.807) is 13.2 Å². The Balaban J connectivity index is 1.66. The number of ether oxygens (including phenoxy) is 2.